The number of carbonyl (C=O) groups is 1. The molecule has 0 saturated carbocycles. The monoisotopic (exact) mass is 392 g/mol. The van der Waals surface area contributed by atoms with E-state index in [9.17, 15) is 9.59 Å². The number of aryl methyl sites for hydroxylation is 1. The summed E-state index contributed by atoms with van der Waals surface area (Å²) in [4.78, 5) is 31.6. The molecule has 0 bridgehead atoms. The first-order chi connectivity index (χ1) is 14.1. The van der Waals surface area contributed by atoms with E-state index < -0.39 is 11.5 Å². The molecule has 0 spiro atoms. The molecule has 146 valence electrons. The van der Waals surface area contributed by atoms with Gasteiger partial charge in [0.25, 0.3) is 0 Å². The molecule has 0 aliphatic carbocycles. The molecule has 4 aromatic rings. The maximum atomic E-state index is 12.1. The largest absolute Gasteiger partial charge is 0.485 e. The Balaban J connectivity index is 1.38. The van der Waals surface area contributed by atoms with E-state index in [0.29, 0.717) is 17.9 Å². The summed E-state index contributed by atoms with van der Waals surface area (Å²) in [5.41, 5.74) is 1.67. The fourth-order valence-electron chi connectivity index (χ4n) is 2.71. The van der Waals surface area contributed by atoms with Crippen molar-refractivity contribution >= 4 is 16.9 Å². The number of aromatic nitrogens is 3. The molecule has 0 atom stereocenters. The quantitative estimate of drug-likeness (QED) is 0.497. The van der Waals surface area contributed by atoms with E-state index in [1.165, 1.54) is 6.07 Å². The summed E-state index contributed by atoms with van der Waals surface area (Å²) in [6, 6.07) is 10.2. The van der Waals surface area contributed by atoms with Crippen LogP contribution in [-0.4, -0.2) is 21.0 Å². The number of fused-ring (bicyclic) bond motifs is 1. The number of benzene rings is 1. The van der Waals surface area contributed by atoms with Gasteiger partial charge in [-0.05, 0) is 36.2 Å². The highest BCUT2D eigenvalue weighted by molar-refractivity contribution is 5.89. The molecule has 1 N–H and O–H groups in total. The van der Waals surface area contributed by atoms with Crippen molar-refractivity contribution < 1.29 is 18.5 Å². The number of ether oxygens (including phenoxy) is 1. The minimum Gasteiger partial charge on any atom is -0.485 e. The van der Waals surface area contributed by atoms with Crippen LogP contribution in [0, 0.1) is 6.92 Å². The minimum absolute atomic E-state index is 0.0130. The molecule has 0 unspecified atom stereocenters. The van der Waals surface area contributed by atoms with Gasteiger partial charge in [0.2, 0.25) is 5.82 Å². The van der Waals surface area contributed by atoms with Crippen LogP contribution in [0.3, 0.4) is 0 Å². The van der Waals surface area contributed by atoms with E-state index in [0.717, 1.165) is 16.5 Å². The first-order valence-electron chi connectivity index (χ1n) is 8.75. The topological polar surface area (TPSA) is 120 Å². The smallest absolute Gasteiger partial charge is 0.336 e. The van der Waals surface area contributed by atoms with E-state index >= 15 is 0 Å². The summed E-state index contributed by atoms with van der Waals surface area (Å²) in [7, 11) is 0. The Bertz CT molecular complexity index is 1220. The van der Waals surface area contributed by atoms with Gasteiger partial charge in [0.15, 0.2) is 6.61 Å². The fraction of sp³-hybridized carbons (Fsp3) is 0.150. The molecule has 1 aromatic carbocycles. The molecule has 3 aromatic heterocycles. The van der Waals surface area contributed by atoms with Crippen LogP contribution < -0.4 is 15.7 Å². The van der Waals surface area contributed by atoms with Crippen LogP contribution in [0.4, 0.5) is 0 Å². The maximum Gasteiger partial charge on any atom is 0.336 e. The molecule has 0 aliphatic heterocycles. The zero-order valence-electron chi connectivity index (χ0n) is 15.4. The van der Waals surface area contributed by atoms with Gasteiger partial charge in [-0.1, -0.05) is 11.2 Å². The second-order valence-electron chi connectivity index (χ2n) is 6.25. The highest BCUT2D eigenvalue weighted by Crippen LogP contribution is 2.22. The van der Waals surface area contributed by atoms with Gasteiger partial charge in [-0.25, -0.2) is 4.79 Å². The Morgan fingerprint density at radius 3 is 2.97 bits per heavy atom. The average Bonchev–Trinajstić information content (AvgIpc) is 3.20. The molecule has 4 rings (SSSR count). The van der Waals surface area contributed by atoms with Crippen molar-refractivity contribution in [2.75, 3.05) is 0 Å². The van der Waals surface area contributed by atoms with E-state index in [-0.39, 0.29) is 18.3 Å². The Kier molecular flexibility index (Phi) is 5.02. The predicted octanol–water partition coefficient (Wildman–Crippen LogP) is 2.39. The Hall–Kier alpha value is -4.01. The van der Waals surface area contributed by atoms with Crippen LogP contribution in [0.5, 0.6) is 5.75 Å². The first-order valence-corrected chi connectivity index (χ1v) is 8.75. The van der Waals surface area contributed by atoms with Crippen molar-refractivity contribution in [1.82, 2.24) is 20.4 Å². The second kappa shape index (κ2) is 7.93. The van der Waals surface area contributed by atoms with Crippen molar-refractivity contribution in [3.63, 3.8) is 0 Å². The van der Waals surface area contributed by atoms with Gasteiger partial charge in [-0.15, -0.1) is 0 Å². The fourth-order valence-corrected chi connectivity index (χ4v) is 2.71. The third kappa shape index (κ3) is 4.29. The zero-order valence-corrected chi connectivity index (χ0v) is 15.4. The van der Waals surface area contributed by atoms with Crippen LogP contribution in [0.2, 0.25) is 0 Å². The molecule has 29 heavy (non-hydrogen) atoms. The number of hydrogen-bond donors (Lipinski definition) is 1. The van der Waals surface area contributed by atoms with E-state index in [1.807, 2.05) is 13.0 Å². The number of nitrogens with one attached hydrogen (secondary N) is 1. The van der Waals surface area contributed by atoms with Gasteiger partial charge in [0.1, 0.15) is 11.3 Å². The first kappa shape index (κ1) is 18.4. The lowest BCUT2D eigenvalue weighted by molar-refractivity contribution is 0.0907. The molecule has 1 amide bonds. The molecular weight excluding hydrogens is 376 g/mol. The highest BCUT2D eigenvalue weighted by Gasteiger charge is 2.15. The summed E-state index contributed by atoms with van der Waals surface area (Å²) in [6.45, 7) is 2.11. The minimum atomic E-state index is -0.490. The van der Waals surface area contributed by atoms with Gasteiger partial charge in [-0.2, -0.15) is 4.98 Å². The lowest BCUT2D eigenvalue weighted by Crippen LogP contribution is -2.23. The molecule has 0 aliphatic rings. The number of hydrogen-bond acceptors (Lipinski definition) is 8. The van der Waals surface area contributed by atoms with Crippen molar-refractivity contribution in [2.45, 2.75) is 20.1 Å². The summed E-state index contributed by atoms with van der Waals surface area (Å²) < 4.78 is 15.8. The Morgan fingerprint density at radius 1 is 1.24 bits per heavy atom. The number of nitrogens with zero attached hydrogens (tertiary/aromatic N) is 3. The SMILES string of the molecule is Cc1cc(=O)oc2cc(OCc3noc(C(=O)NCc4cccnc4)n3)ccc12. The zero-order chi connectivity index (χ0) is 20.2. The summed E-state index contributed by atoms with van der Waals surface area (Å²) >= 11 is 0. The van der Waals surface area contributed by atoms with E-state index in [4.69, 9.17) is 13.7 Å². The van der Waals surface area contributed by atoms with Crippen molar-refractivity contribution in [3.05, 3.63) is 82.1 Å². The van der Waals surface area contributed by atoms with E-state index in [2.05, 4.69) is 20.4 Å². The van der Waals surface area contributed by atoms with Gasteiger partial charge < -0.3 is 19.0 Å². The Labute approximate surface area is 164 Å². The van der Waals surface area contributed by atoms with Crippen LogP contribution >= 0.6 is 0 Å². The third-order valence-electron chi connectivity index (χ3n) is 4.13. The molecule has 9 heteroatoms. The van der Waals surface area contributed by atoms with Crippen LogP contribution in [0.15, 0.2) is 62.5 Å². The van der Waals surface area contributed by atoms with E-state index in [1.54, 1.807) is 36.7 Å². The van der Waals surface area contributed by atoms with Crippen molar-refractivity contribution in [1.29, 1.82) is 0 Å². The second-order valence-corrected chi connectivity index (χ2v) is 6.25. The highest BCUT2D eigenvalue weighted by atomic mass is 16.5. The molecule has 0 saturated heterocycles. The number of carbonyl (C=O) groups excluding carboxylic acids is 1. The lowest BCUT2D eigenvalue weighted by Gasteiger charge is -2.05. The van der Waals surface area contributed by atoms with Crippen LogP contribution in [0.1, 0.15) is 27.6 Å². The van der Waals surface area contributed by atoms with Gasteiger partial charge in [0.05, 0.1) is 0 Å². The molecule has 9 nitrogen and oxygen atoms in total. The molecular formula is C20H16N4O5. The van der Waals surface area contributed by atoms with Crippen LogP contribution in [-0.2, 0) is 13.2 Å². The van der Waals surface area contributed by atoms with Crippen molar-refractivity contribution in [3.8, 4) is 5.75 Å². The number of pyridine rings is 1. The van der Waals surface area contributed by atoms with Crippen LogP contribution in [0.25, 0.3) is 11.0 Å². The molecule has 0 fully saturated rings. The standard InChI is InChI=1S/C20H16N4O5/c1-12-7-18(25)28-16-8-14(4-5-15(12)16)27-11-17-23-20(29-24-17)19(26)22-10-13-3-2-6-21-9-13/h2-9H,10-11H2,1H3,(H,22,26). The Morgan fingerprint density at radius 2 is 2.14 bits per heavy atom. The maximum absolute atomic E-state index is 12.1. The summed E-state index contributed by atoms with van der Waals surface area (Å²) in [5.74, 6) is 0.0316. The summed E-state index contributed by atoms with van der Waals surface area (Å²) in [6.07, 6.45) is 3.31. The van der Waals surface area contributed by atoms with Gasteiger partial charge in [-0.3, -0.25) is 9.78 Å². The molecule has 0 radical (unpaired) electrons. The number of rotatable bonds is 6. The lowest BCUT2D eigenvalue weighted by atomic mass is 10.1. The molecule has 3 heterocycles. The van der Waals surface area contributed by atoms with Gasteiger partial charge in [0, 0.05) is 36.5 Å². The average molecular weight is 392 g/mol. The number of amides is 1. The van der Waals surface area contributed by atoms with Gasteiger partial charge >= 0.3 is 17.4 Å². The third-order valence-corrected chi connectivity index (χ3v) is 4.13. The predicted molar refractivity (Wildman–Crippen MR) is 101 cm³/mol. The summed E-state index contributed by atoms with van der Waals surface area (Å²) in [5, 5.41) is 7.24. The van der Waals surface area contributed by atoms with Crippen molar-refractivity contribution in [2.24, 2.45) is 0 Å². The normalized spacial score (nSPS) is 10.8.